The molecule has 116 valence electrons. The second kappa shape index (κ2) is 7.75. The molecule has 2 aromatic rings. The van der Waals surface area contributed by atoms with E-state index in [1.54, 1.807) is 36.1 Å². The van der Waals surface area contributed by atoms with E-state index < -0.39 is 21.5 Å². The van der Waals surface area contributed by atoms with Gasteiger partial charge in [0.2, 0.25) is 0 Å². The predicted octanol–water partition coefficient (Wildman–Crippen LogP) is -0.123. The number of aryl methyl sites for hydroxylation is 1. The summed E-state index contributed by atoms with van der Waals surface area (Å²) in [5.41, 5.74) is 1.46. The molecule has 0 atom stereocenters. The molecular weight excluding hydrogens is 476 g/mol. The fourth-order valence-electron chi connectivity index (χ4n) is 1.81. The zero-order chi connectivity index (χ0) is 15.4. The molecule has 0 aliphatic rings. The molecule has 0 aliphatic carbocycles. The third-order valence-electron chi connectivity index (χ3n) is 2.60. The van der Waals surface area contributed by atoms with Crippen LogP contribution in [0.2, 0.25) is 5.02 Å². The molecule has 1 heterocycles. The Bertz CT molecular complexity index is 604. The SMILES string of the molecule is Cn1ncc(Cl)c1-c1cc([I-]N([O-])O)ccc1OCCBr. The van der Waals surface area contributed by atoms with E-state index in [4.69, 9.17) is 21.5 Å². The number of nitrogens with zero attached hydrogens (tertiary/aromatic N) is 3. The van der Waals surface area contributed by atoms with Crippen LogP contribution in [0.1, 0.15) is 0 Å². The summed E-state index contributed by atoms with van der Waals surface area (Å²) >= 11 is 8.32. The minimum atomic E-state index is -1.18. The summed E-state index contributed by atoms with van der Waals surface area (Å²) in [6, 6.07) is 5.35. The summed E-state index contributed by atoms with van der Waals surface area (Å²) in [6.45, 7) is 0.505. The van der Waals surface area contributed by atoms with Crippen molar-refractivity contribution in [3.05, 3.63) is 38.2 Å². The van der Waals surface area contributed by atoms with Gasteiger partial charge in [0.25, 0.3) is 0 Å². The summed E-state index contributed by atoms with van der Waals surface area (Å²) in [6.07, 6.45) is 1.55. The van der Waals surface area contributed by atoms with Crippen LogP contribution in [-0.4, -0.2) is 30.4 Å². The average Bonchev–Trinajstić information content (AvgIpc) is 2.76. The number of alkyl halides is 1. The van der Waals surface area contributed by atoms with Crippen LogP contribution in [0.15, 0.2) is 24.4 Å². The van der Waals surface area contributed by atoms with Crippen LogP contribution < -0.4 is 26.2 Å². The maximum atomic E-state index is 10.8. The summed E-state index contributed by atoms with van der Waals surface area (Å²) < 4.78 is 8.08. The van der Waals surface area contributed by atoms with Gasteiger partial charge in [0.1, 0.15) is 0 Å². The van der Waals surface area contributed by atoms with Gasteiger partial charge in [0.05, 0.1) is 0 Å². The second-order valence-corrected chi connectivity index (χ2v) is 7.71. The van der Waals surface area contributed by atoms with Crippen molar-refractivity contribution in [3.8, 4) is 17.0 Å². The zero-order valence-corrected chi connectivity index (χ0v) is 15.5. The first-order valence-electron chi connectivity index (χ1n) is 5.85. The van der Waals surface area contributed by atoms with Gasteiger partial charge in [-0.05, 0) is 0 Å². The Hall–Kier alpha value is -0.390. The molecule has 21 heavy (non-hydrogen) atoms. The number of hydrogen-bond donors (Lipinski definition) is 1. The Morgan fingerprint density at radius 2 is 2.33 bits per heavy atom. The van der Waals surface area contributed by atoms with Crippen molar-refractivity contribution in [3.63, 3.8) is 0 Å². The number of hydrogen-bond acceptors (Lipinski definition) is 5. The molecule has 0 saturated carbocycles. The maximum absolute atomic E-state index is 10.8. The quantitative estimate of drug-likeness (QED) is 0.266. The molecule has 0 bridgehead atoms. The van der Waals surface area contributed by atoms with Gasteiger partial charge in [0.15, 0.2) is 0 Å². The van der Waals surface area contributed by atoms with Gasteiger partial charge in [0, 0.05) is 0 Å². The first-order valence-corrected chi connectivity index (χ1v) is 9.39. The molecule has 0 saturated heterocycles. The summed E-state index contributed by atoms with van der Waals surface area (Å²) in [7, 11) is 1.78. The van der Waals surface area contributed by atoms with Crippen molar-refractivity contribution >= 4 is 27.5 Å². The molecule has 0 radical (unpaired) electrons. The fraction of sp³-hybridized carbons (Fsp3) is 0.250. The van der Waals surface area contributed by atoms with E-state index in [0.29, 0.717) is 28.4 Å². The molecule has 0 unspecified atom stereocenters. The normalized spacial score (nSPS) is 11.3. The number of rotatable bonds is 6. The van der Waals surface area contributed by atoms with Crippen molar-refractivity contribution in [2.45, 2.75) is 0 Å². The van der Waals surface area contributed by atoms with E-state index >= 15 is 0 Å². The van der Waals surface area contributed by atoms with Gasteiger partial charge in [-0.2, -0.15) is 0 Å². The summed E-state index contributed by atoms with van der Waals surface area (Å²) in [5, 5.41) is 25.0. The van der Waals surface area contributed by atoms with Gasteiger partial charge >= 0.3 is 146 Å². The zero-order valence-electron chi connectivity index (χ0n) is 11.0. The van der Waals surface area contributed by atoms with Gasteiger partial charge in [-0.1, -0.05) is 0 Å². The van der Waals surface area contributed by atoms with Gasteiger partial charge in [-0.15, -0.1) is 0 Å². The van der Waals surface area contributed by atoms with Crippen molar-refractivity contribution in [2.24, 2.45) is 7.05 Å². The monoisotopic (exact) mass is 487 g/mol. The number of benzene rings is 1. The molecule has 1 aromatic heterocycles. The Balaban J connectivity index is 2.47. The van der Waals surface area contributed by atoms with E-state index in [2.05, 4.69) is 21.0 Å². The van der Waals surface area contributed by atoms with Crippen LogP contribution in [0.25, 0.3) is 11.3 Å². The number of aromatic nitrogens is 2. The fourth-order valence-corrected chi connectivity index (χ4v) is 3.51. The molecule has 1 aromatic carbocycles. The molecule has 0 amide bonds. The third kappa shape index (κ3) is 4.30. The van der Waals surface area contributed by atoms with Crippen molar-refractivity contribution in [2.75, 3.05) is 11.9 Å². The van der Waals surface area contributed by atoms with E-state index in [0.717, 1.165) is 9.13 Å². The summed E-state index contributed by atoms with van der Waals surface area (Å²) in [4.78, 5) is 0. The molecule has 0 fully saturated rings. The van der Waals surface area contributed by atoms with Crippen molar-refractivity contribution in [1.82, 2.24) is 13.2 Å². The van der Waals surface area contributed by atoms with Crippen molar-refractivity contribution in [1.29, 1.82) is 0 Å². The van der Waals surface area contributed by atoms with Crippen LogP contribution in [0.5, 0.6) is 5.75 Å². The molecular formula is C12H12BrClIN3O3-2. The van der Waals surface area contributed by atoms with Crippen LogP contribution in [0.3, 0.4) is 0 Å². The van der Waals surface area contributed by atoms with Crippen LogP contribution in [0.4, 0.5) is 0 Å². The Kier molecular flexibility index (Phi) is 6.26. The summed E-state index contributed by atoms with van der Waals surface area (Å²) in [5.74, 6) is 0.656. The topological polar surface area (TPSA) is 73.6 Å². The molecule has 6 nitrogen and oxygen atoms in total. The first-order chi connectivity index (χ1) is 10.0. The van der Waals surface area contributed by atoms with Gasteiger partial charge in [-0.25, -0.2) is 0 Å². The van der Waals surface area contributed by atoms with Crippen molar-refractivity contribution < 1.29 is 31.4 Å². The third-order valence-corrected chi connectivity index (χ3v) is 4.84. The predicted molar refractivity (Wildman–Crippen MR) is 78.6 cm³/mol. The van der Waals surface area contributed by atoms with Gasteiger partial charge < -0.3 is 0 Å². The van der Waals surface area contributed by atoms with Crippen LogP contribution in [0, 0.1) is 8.78 Å². The first kappa shape index (κ1) is 17.0. The van der Waals surface area contributed by atoms with Crippen LogP contribution >= 0.6 is 27.5 Å². The molecule has 1 N–H and O–H groups in total. The van der Waals surface area contributed by atoms with E-state index in [9.17, 15) is 5.21 Å². The molecule has 2 rings (SSSR count). The second-order valence-electron chi connectivity index (χ2n) is 3.95. The van der Waals surface area contributed by atoms with Gasteiger partial charge in [-0.3, -0.25) is 0 Å². The number of halogens is 3. The Morgan fingerprint density at radius 1 is 1.57 bits per heavy atom. The molecule has 0 aliphatic heterocycles. The van der Waals surface area contributed by atoms with E-state index in [1.165, 1.54) is 0 Å². The van der Waals surface area contributed by atoms with E-state index in [1.807, 2.05) is 0 Å². The van der Waals surface area contributed by atoms with Crippen LogP contribution in [-0.2, 0) is 7.05 Å². The average molecular weight is 489 g/mol. The standard InChI is InChI=1S/C12H12BrClIN3O3/c1-17-12(10(14)7-16-17)9-6-8(15-18(19)20)2-3-11(9)21-5-4-13/h2-3,6-7,19H,4-5H2,1H3/q-2. The molecule has 9 heteroatoms. The Labute approximate surface area is 145 Å². The minimum absolute atomic E-state index is 0.0120. The molecule has 0 spiro atoms. The number of ether oxygens (including phenoxy) is 1. The Morgan fingerprint density at radius 3 is 2.90 bits per heavy atom. The van der Waals surface area contributed by atoms with E-state index in [-0.39, 0.29) is 3.44 Å².